The molecule has 338 valence electrons. The Kier molecular flexibility index (Phi) is 45.7. The molecule has 0 aromatic rings. The molecule has 6 heteroatoms. The Hall–Kier alpha value is -2.18. The largest absolute Gasteiger partial charge is 0.466 e. The maximum Gasteiger partial charge on any atom is 0.305 e. The van der Waals surface area contributed by atoms with Crippen LogP contribution in [-0.2, 0) is 14.3 Å². The summed E-state index contributed by atoms with van der Waals surface area (Å²) in [5, 5.41) is 22.9. The van der Waals surface area contributed by atoms with Gasteiger partial charge in [-0.15, -0.1) is 0 Å². The maximum atomic E-state index is 12.3. The molecule has 3 N–H and O–H groups in total. The van der Waals surface area contributed by atoms with Crippen molar-refractivity contribution >= 4 is 11.9 Å². The molecule has 0 aliphatic heterocycles. The minimum Gasteiger partial charge on any atom is -0.466 e. The summed E-state index contributed by atoms with van der Waals surface area (Å²) in [4.78, 5) is 24.4. The first-order valence-corrected chi connectivity index (χ1v) is 24.9. The van der Waals surface area contributed by atoms with E-state index in [0.717, 1.165) is 70.6 Å². The Bertz CT molecular complexity index is 988. The second-order valence-corrected chi connectivity index (χ2v) is 16.8. The number of unbranched alkanes of at least 4 members (excludes halogenated alkanes) is 28. The molecule has 1 amide bonds. The number of hydrogen-bond acceptors (Lipinski definition) is 5. The molecular formula is C52H95NO5. The number of aliphatic hydroxyl groups excluding tert-OH is 2. The number of hydrogen-bond donors (Lipinski definition) is 3. The number of rotatable bonds is 45. The fourth-order valence-electron chi connectivity index (χ4n) is 7.18. The van der Waals surface area contributed by atoms with Gasteiger partial charge in [0.1, 0.15) is 0 Å². The molecule has 0 radical (unpaired) electrons. The van der Waals surface area contributed by atoms with Gasteiger partial charge in [-0.05, 0) is 89.9 Å². The lowest BCUT2D eigenvalue weighted by molar-refractivity contribution is -0.143. The highest BCUT2D eigenvalue weighted by atomic mass is 16.5. The van der Waals surface area contributed by atoms with Gasteiger partial charge >= 0.3 is 5.97 Å². The van der Waals surface area contributed by atoms with E-state index >= 15 is 0 Å². The quantitative estimate of drug-likeness (QED) is 0.0323. The minimum absolute atomic E-state index is 0.0187. The van der Waals surface area contributed by atoms with E-state index in [-0.39, 0.29) is 18.5 Å². The zero-order valence-corrected chi connectivity index (χ0v) is 38.3. The molecule has 0 spiro atoms. The predicted molar refractivity (Wildman–Crippen MR) is 250 cm³/mol. The highest BCUT2D eigenvalue weighted by Crippen LogP contribution is 2.13. The van der Waals surface area contributed by atoms with E-state index < -0.39 is 12.1 Å². The minimum atomic E-state index is -0.853. The summed E-state index contributed by atoms with van der Waals surface area (Å²) in [5.41, 5.74) is 0. The number of nitrogens with one attached hydrogen (secondary N) is 1. The van der Waals surface area contributed by atoms with Crippen molar-refractivity contribution in [3.63, 3.8) is 0 Å². The molecule has 0 heterocycles. The lowest BCUT2D eigenvalue weighted by Crippen LogP contribution is -2.45. The third-order valence-electron chi connectivity index (χ3n) is 11.1. The molecule has 0 fully saturated rings. The standard InChI is InChI=1S/C52H95NO5/c1-3-5-7-9-11-13-14-15-16-20-23-26-30-34-38-42-46-52(57)58-47-43-39-35-31-27-24-21-18-17-19-22-25-29-33-37-41-45-51(56)53-49(48-54)50(55)44-40-36-32-28-12-10-8-6-4-2/h13-14,16-17,19-20,40,44,49-50,54-55H,3-12,15,18,21-39,41-43,45-48H2,1-2H3,(H,53,56)/b14-13-,19-17-,20-16-,44-40+. The molecule has 0 saturated carbocycles. The fourth-order valence-corrected chi connectivity index (χ4v) is 7.18. The molecule has 0 aliphatic carbocycles. The van der Waals surface area contributed by atoms with E-state index in [9.17, 15) is 19.8 Å². The van der Waals surface area contributed by atoms with Crippen molar-refractivity contribution in [2.75, 3.05) is 13.2 Å². The Labute approximate surface area is 359 Å². The van der Waals surface area contributed by atoms with Gasteiger partial charge in [0.05, 0.1) is 25.4 Å². The Morgan fingerprint density at radius 3 is 1.34 bits per heavy atom. The molecule has 0 bridgehead atoms. The van der Waals surface area contributed by atoms with E-state index in [2.05, 4.69) is 55.6 Å². The SMILES string of the molecule is CCCCCC/C=C\C/C=C\CCCCCCCC(=O)OCCCCCCCCC/C=C\CCCCCCCC(=O)NC(CO)C(O)/C=C/CCCCCCCCC. The smallest absolute Gasteiger partial charge is 0.305 e. The van der Waals surface area contributed by atoms with Crippen molar-refractivity contribution in [1.29, 1.82) is 0 Å². The number of amides is 1. The maximum absolute atomic E-state index is 12.3. The van der Waals surface area contributed by atoms with Gasteiger partial charge in [0.2, 0.25) is 5.91 Å². The van der Waals surface area contributed by atoms with Crippen LogP contribution in [0.4, 0.5) is 0 Å². The average molecular weight is 814 g/mol. The van der Waals surface area contributed by atoms with Gasteiger partial charge in [-0.25, -0.2) is 0 Å². The van der Waals surface area contributed by atoms with E-state index in [1.807, 2.05) is 6.08 Å². The molecular weight excluding hydrogens is 719 g/mol. The van der Waals surface area contributed by atoms with Crippen molar-refractivity contribution < 1.29 is 24.5 Å². The number of allylic oxidation sites excluding steroid dienone is 7. The average Bonchev–Trinajstić information content (AvgIpc) is 3.22. The van der Waals surface area contributed by atoms with Gasteiger partial charge in [-0.2, -0.15) is 0 Å². The van der Waals surface area contributed by atoms with Crippen molar-refractivity contribution in [1.82, 2.24) is 5.32 Å². The van der Waals surface area contributed by atoms with Crippen LogP contribution in [0.2, 0.25) is 0 Å². The van der Waals surface area contributed by atoms with Crippen molar-refractivity contribution in [3.05, 3.63) is 48.6 Å². The van der Waals surface area contributed by atoms with Crippen LogP contribution in [0.1, 0.15) is 245 Å². The third kappa shape index (κ3) is 43.4. The van der Waals surface area contributed by atoms with Crippen LogP contribution in [0.15, 0.2) is 48.6 Å². The van der Waals surface area contributed by atoms with Gasteiger partial charge in [0.25, 0.3) is 0 Å². The monoisotopic (exact) mass is 814 g/mol. The summed E-state index contributed by atoms with van der Waals surface area (Å²) in [6.45, 7) is 4.81. The first kappa shape index (κ1) is 55.8. The van der Waals surface area contributed by atoms with Gasteiger partial charge in [-0.3, -0.25) is 9.59 Å². The summed E-state index contributed by atoms with van der Waals surface area (Å²) >= 11 is 0. The van der Waals surface area contributed by atoms with E-state index in [1.165, 1.54) is 148 Å². The van der Waals surface area contributed by atoms with Crippen LogP contribution >= 0.6 is 0 Å². The van der Waals surface area contributed by atoms with Crippen LogP contribution in [-0.4, -0.2) is 47.4 Å². The third-order valence-corrected chi connectivity index (χ3v) is 11.1. The van der Waals surface area contributed by atoms with Crippen LogP contribution in [0.25, 0.3) is 0 Å². The van der Waals surface area contributed by atoms with E-state index in [1.54, 1.807) is 6.08 Å². The summed E-state index contributed by atoms with van der Waals surface area (Å²) < 4.78 is 5.45. The predicted octanol–water partition coefficient (Wildman–Crippen LogP) is 14.7. The zero-order chi connectivity index (χ0) is 42.3. The summed E-state index contributed by atoms with van der Waals surface area (Å²) in [6, 6.07) is -0.639. The van der Waals surface area contributed by atoms with Gasteiger partial charge < -0.3 is 20.3 Å². The first-order valence-electron chi connectivity index (χ1n) is 24.9. The van der Waals surface area contributed by atoms with Crippen LogP contribution < -0.4 is 5.32 Å². The first-order chi connectivity index (χ1) is 28.5. The second-order valence-electron chi connectivity index (χ2n) is 16.8. The van der Waals surface area contributed by atoms with Crippen molar-refractivity contribution in [2.45, 2.75) is 257 Å². The Balaban J connectivity index is 3.49. The number of aliphatic hydroxyl groups is 2. The number of carbonyl (C=O) groups is 2. The van der Waals surface area contributed by atoms with Crippen LogP contribution in [0.3, 0.4) is 0 Å². The molecule has 0 rings (SSSR count). The fraction of sp³-hybridized carbons (Fsp3) is 0.808. The van der Waals surface area contributed by atoms with E-state index in [0.29, 0.717) is 19.4 Å². The van der Waals surface area contributed by atoms with Crippen molar-refractivity contribution in [3.8, 4) is 0 Å². The summed E-state index contributed by atoms with van der Waals surface area (Å²) in [6.07, 6.45) is 58.3. The van der Waals surface area contributed by atoms with Gasteiger partial charge in [-0.1, -0.05) is 191 Å². The van der Waals surface area contributed by atoms with Crippen LogP contribution in [0, 0.1) is 0 Å². The summed E-state index contributed by atoms with van der Waals surface area (Å²) in [5.74, 6) is -0.109. The number of esters is 1. The molecule has 0 aromatic heterocycles. The van der Waals surface area contributed by atoms with Gasteiger partial charge in [0.15, 0.2) is 0 Å². The highest BCUT2D eigenvalue weighted by Gasteiger charge is 2.18. The van der Waals surface area contributed by atoms with Gasteiger partial charge in [0, 0.05) is 12.8 Å². The zero-order valence-electron chi connectivity index (χ0n) is 38.3. The lowest BCUT2D eigenvalue weighted by atomic mass is 10.1. The molecule has 6 nitrogen and oxygen atoms in total. The number of ether oxygens (including phenoxy) is 1. The van der Waals surface area contributed by atoms with Crippen LogP contribution in [0.5, 0.6) is 0 Å². The van der Waals surface area contributed by atoms with Crippen molar-refractivity contribution in [2.24, 2.45) is 0 Å². The highest BCUT2D eigenvalue weighted by molar-refractivity contribution is 5.76. The molecule has 0 aromatic carbocycles. The molecule has 2 atom stereocenters. The molecule has 58 heavy (non-hydrogen) atoms. The lowest BCUT2D eigenvalue weighted by Gasteiger charge is -2.20. The Morgan fingerprint density at radius 2 is 0.862 bits per heavy atom. The summed E-state index contributed by atoms with van der Waals surface area (Å²) in [7, 11) is 0. The Morgan fingerprint density at radius 1 is 0.483 bits per heavy atom. The second kappa shape index (κ2) is 47.5. The normalized spacial score (nSPS) is 13.1. The molecule has 0 saturated heterocycles. The topological polar surface area (TPSA) is 95.9 Å². The van der Waals surface area contributed by atoms with E-state index in [4.69, 9.17) is 4.74 Å². The molecule has 2 unspecified atom stereocenters. The molecule has 0 aliphatic rings. The number of carbonyl (C=O) groups excluding carboxylic acids is 2.